The standard InChI is InChI=1S/C18H20ClN3O4S/c1-26-16-9-13(3-6-20-16)18(23)22-7-4-12(5-8-22)17-15(27(2,24)25)10-14(19)11-21-17/h3,6,9-12H,4-5,7-8H2,1-2H3. The first-order valence-electron chi connectivity index (χ1n) is 8.44. The van der Waals surface area contributed by atoms with Crippen LogP contribution in [0.1, 0.15) is 34.8 Å². The molecule has 144 valence electrons. The number of piperidine rings is 1. The second kappa shape index (κ2) is 7.82. The number of halogens is 1. The van der Waals surface area contributed by atoms with E-state index in [0.29, 0.717) is 48.1 Å². The molecule has 0 bridgehead atoms. The molecule has 0 N–H and O–H groups in total. The summed E-state index contributed by atoms with van der Waals surface area (Å²) >= 11 is 5.92. The van der Waals surface area contributed by atoms with Gasteiger partial charge in [0.05, 0.1) is 22.7 Å². The van der Waals surface area contributed by atoms with Crippen molar-refractivity contribution in [3.05, 3.63) is 46.9 Å². The van der Waals surface area contributed by atoms with E-state index >= 15 is 0 Å². The molecule has 0 unspecified atom stereocenters. The van der Waals surface area contributed by atoms with Crippen molar-refractivity contribution < 1.29 is 17.9 Å². The number of carbonyl (C=O) groups excluding carboxylic acids is 1. The van der Waals surface area contributed by atoms with Gasteiger partial charge in [0, 0.05) is 49.3 Å². The summed E-state index contributed by atoms with van der Waals surface area (Å²) in [6.45, 7) is 1.03. The number of methoxy groups -OCH3 is 1. The Bertz CT molecular complexity index is 957. The van der Waals surface area contributed by atoms with Crippen LogP contribution in [0.15, 0.2) is 35.5 Å². The number of aromatic nitrogens is 2. The summed E-state index contributed by atoms with van der Waals surface area (Å²) in [6, 6.07) is 4.70. The van der Waals surface area contributed by atoms with Crippen LogP contribution in [0, 0.1) is 0 Å². The minimum Gasteiger partial charge on any atom is -0.481 e. The lowest BCUT2D eigenvalue weighted by Gasteiger charge is -2.32. The fourth-order valence-corrected chi connectivity index (χ4v) is 4.39. The second-order valence-corrected chi connectivity index (χ2v) is 8.88. The van der Waals surface area contributed by atoms with Gasteiger partial charge in [0.1, 0.15) is 0 Å². The molecule has 1 saturated heterocycles. The van der Waals surface area contributed by atoms with Gasteiger partial charge in [-0.25, -0.2) is 13.4 Å². The van der Waals surface area contributed by atoms with Crippen molar-refractivity contribution in [1.29, 1.82) is 0 Å². The number of pyridine rings is 2. The lowest BCUT2D eigenvalue weighted by Crippen LogP contribution is -2.38. The molecular weight excluding hydrogens is 390 g/mol. The summed E-state index contributed by atoms with van der Waals surface area (Å²) in [6.07, 6.45) is 5.41. The fraction of sp³-hybridized carbons (Fsp3) is 0.389. The normalized spacial score (nSPS) is 15.6. The molecule has 1 amide bonds. The third-order valence-corrected chi connectivity index (χ3v) is 5.94. The maximum atomic E-state index is 12.7. The lowest BCUT2D eigenvalue weighted by molar-refractivity contribution is 0.0711. The molecule has 0 radical (unpaired) electrons. The summed E-state index contributed by atoms with van der Waals surface area (Å²) in [5.74, 6) is 0.253. The van der Waals surface area contributed by atoms with Crippen LogP contribution in [-0.4, -0.2) is 55.6 Å². The van der Waals surface area contributed by atoms with Crippen LogP contribution < -0.4 is 4.74 Å². The highest BCUT2D eigenvalue weighted by Gasteiger charge is 2.29. The van der Waals surface area contributed by atoms with Crippen molar-refractivity contribution in [2.24, 2.45) is 0 Å². The van der Waals surface area contributed by atoms with E-state index in [4.69, 9.17) is 16.3 Å². The predicted octanol–water partition coefficient (Wildman–Crippen LogP) is 2.56. The van der Waals surface area contributed by atoms with Gasteiger partial charge in [-0.15, -0.1) is 0 Å². The first kappa shape index (κ1) is 19.6. The molecule has 0 atom stereocenters. The van der Waals surface area contributed by atoms with Gasteiger partial charge in [-0.05, 0) is 25.0 Å². The lowest BCUT2D eigenvalue weighted by atomic mass is 9.92. The van der Waals surface area contributed by atoms with E-state index in [2.05, 4.69) is 9.97 Å². The van der Waals surface area contributed by atoms with Gasteiger partial charge < -0.3 is 9.64 Å². The smallest absolute Gasteiger partial charge is 0.254 e. The SMILES string of the molecule is COc1cc(C(=O)N2CCC(c3ncc(Cl)cc3S(C)(=O)=O)CC2)ccn1. The average molecular weight is 410 g/mol. The van der Waals surface area contributed by atoms with Crippen LogP contribution in [0.5, 0.6) is 5.88 Å². The van der Waals surface area contributed by atoms with Gasteiger partial charge in [0.15, 0.2) is 9.84 Å². The summed E-state index contributed by atoms with van der Waals surface area (Å²) in [4.78, 5) is 22.9. The molecule has 2 aromatic rings. The molecule has 1 fully saturated rings. The highest BCUT2D eigenvalue weighted by molar-refractivity contribution is 7.90. The molecule has 0 spiro atoms. The summed E-state index contributed by atoms with van der Waals surface area (Å²) in [7, 11) is -1.93. The Kier molecular flexibility index (Phi) is 5.67. The minimum absolute atomic E-state index is 0.0389. The Morgan fingerprint density at radius 3 is 2.59 bits per heavy atom. The topological polar surface area (TPSA) is 89.5 Å². The van der Waals surface area contributed by atoms with E-state index in [1.54, 1.807) is 17.0 Å². The summed E-state index contributed by atoms with van der Waals surface area (Å²) in [5, 5.41) is 0.290. The maximum absolute atomic E-state index is 12.7. The van der Waals surface area contributed by atoms with Crippen molar-refractivity contribution in [3.63, 3.8) is 0 Å². The van der Waals surface area contributed by atoms with Crippen molar-refractivity contribution in [2.75, 3.05) is 26.5 Å². The molecule has 2 aromatic heterocycles. The van der Waals surface area contributed by atoms with Crippen LogP contribution in [0.2, 0.25) is 5.02 Å². The zero-order valence-corrected chi connectivity index (χ0v) is 16.6. The zero-order valence-electron chi connectivity index (χ0n) is 15.1. The van der Waals surface area contributed by atoms with Crippen molar-refractivity contribution >= 4 is 27.3 Å². The zero-order chi connectivity index (χ0) is 19.6. The van der Waals surface area contributed by atoms with Crippen LogP contribution in [-0.2, 0) is 9.84 Å². The number of sulfone groups is 1. The summed E-state index contributed by atoms with van der Waals surface area (Å²) in [5.41, 5.74) is 1.04. The highest BCUT2D eigenvalue weighted by atomic mass is 35.5. The number of ether oxygens (including phenoxy) is 1. The molecular formula is C18H20ClN3O4S. The summed E-state index contributed by atoms with van der Waals surface area (Å²) < 4.78 is 29.2. The molecule has 3 rings (SSSR count). The van der Waals surface area contributed by atoms with Crippen molar-refractivity contribution in [3.8, 4) is 5.88 Å². The molecule has 27 heavy (non-hydrogen) atoms. The van der Waals surface area contributed by atoms with Crippen LogP contribution in [0.4, 0.5) is 0 Å². The van der Waals surface area contributed by atoms with Gasteiger partial charge in [0.25, 0.3) is 5.91 Å². The van der Waals surface area contributed by atoms with Crippen LogP contribution in [0.3, 0.4) is 0 Å². The van der Waals surface area contributed by atoms with Crippen molar-refractivity contribution in [1.82, 2.24) is 14.9 Å². The van der Waals surface area contributed by atoms with Gasteiger partial charge in [-0.3, -0.25) is 9.78 Å². The molecule has 3 heterocycles. The van der Waals surface area contributed by atoms with Crippen molar-refractivity contribution in [2.45, 2.75) is 23.7 Å². The van der Waals surface area contributed by atoms with Crippen LogP contribution >= 0.6 is 11.6 Å². The molecule has 7 nitrogen and oxygen atoms in total. The van der Waals surface area contributed by atoms with E-state index in [9.17, 15) is 13.2 Å². The number of amides is 1. The Morgan fingerprint density at radius 2 is 1.96 bits per heavy atom. The molecule has 1 aliphatic rings. The number of carbonyl (C=O) groups is 1. The number of hydrogen-bond donors (Lipinski definition) is 0. The van der Waals surface area contributed by atoms with E-state index in [1.165, 1.54) is 25.6 Å². The minimum atomic E-state index is -3.43. The first-order chi connectivity index (χ1) is 12.8. The Morgan fingerprint density at radius 1 is 1.26 bits per heavy atom. The molecule has 0 aliphatic carbocycles. The van der Waals surface area contributed by atoms with Gasteiger partial charge in [0.2, 0.25) is 5.88 Å². The maximum Gasteiger partial charge on any atom is 0.254 e. The highest BCUT2D eigenvalue weighted by Crippen LogP contribution is 2.32. The molecule has 9 heteroatoms. The van der Waals surface area contributed by atoms with E-state index in [0.717, 1.165) is 6.26 Å². The van der Waals surface area contributed by atoms with E-state index < -0.39 is 9.84 Å². The predicted molar refractivity (Wildman–Crippen MR) is 101 cm³/mol. The number of hydrogen-bond acceptors (Lipinski definition) is 6. The fourth-order valence-electron chi connectivity index (χ4n) is 3.23. The van der Waals surface area contributed by atoms with Gasteiger partial charge >= 0.3 is 0 Å². The number of nitrogens with zero attached hydrogens (tertiary/aromatic N) is 3. The molecule has 0 saturated carbocycles. The first-order valence-corrected chi connectivity index (χ1v) is 10.7. The van der Waals surface area contributed by atoms with Gasteiger partial charge in [-0.2, -0.15) is 0 Å². The number of rotatable bonds is 4. The average Bonchev–Trinajstić information content (AvgIpc) is 2.67. The quantitative estimate of drug-likeness (QED) is 0.770. The Labute approximate surface area is 163 Å². The van der Waals surface area contributed by atoms with E-state index in [-0.39, 0.29) is 16.7 Å². The van der Waals surface area contributed by atoms with E-state index in [1.807, 2.05) is 0 Å². The Hall–Kier alpha value is -2.19. The monoisotopic (exact) mass is 409 g/mol. The third-order valence-electron chi connectivity index (χ3n) is 4.61. The molecule has 0 aromatic carbocycles. The largest absolute Gasteiger partial charge is 0.481 e. The number of likely N-dealkylation sites (tertiary alicyclic amines) is 1. The van der Waals surface area contributed by atoms with Gasteiger partial charge in [-0.1, -0.05) is 11.6 Å². The third kappa shape index (κ3) is 4.39. The second-order valence-electron chi connectivity index (χ2n) is 6.46. The van der Waals surface area contributed by atoms with Crippen LogP contribution in [0.25, 0.3) is 0 Å². The Balaban J connectivity index is 1.75. The molecule has 1 aliphatic heterocycles.